The van der Waals surface area contributed by atoms with E-state index in [9.17, 15) is 14.7 Å². The van der Waals surface area contributed by atoms with Gasteiger partial charge >= 0.3 is 5.97 Å². The largest absolute Gasteiger partial charge is 0.511 e. The number of allylic oxidation sites excluding steroid dienone is 6. The van der Waals surface area contributed by atoms with E-state index in [2.05, 4.69) is 30.2 Å². The van der Waals surface area contributed by atoms with Gasteiger partial charge in [0.25, 0.3) is 0 Å². The molecule has 1 N–H and O–H groups in total. The first-order valence-electron chi connectivity index (χ1n) is 13.9. The van der Waals surface area contributed by atoms with Crippen LogP contribution in [-0.4, -0.2) is 59.9 Å². The summed E-state index contributed by atoms with van der Waals surface area (Å²) in [5.41, 5.74) is 3.44. The third-order valence-electron chi connectivity index (χ3n) is 6.92. The van der Waals surface area contributed by atoms with Gasteiger partial charge in [-0.15, -0.1) is 0 Å². The molecule has 1 unspecified atom stereocenters. The van der Waals surface area contributed by atoms with Crippen LogP contribution >= 0.6 is 0 Å². The summed E-state index contributed by atoms with van der Waals surface area (Å²) < 4.78 is 7.29. The van der Waals surface area contributed by atoms with E-state index in [0.717, 1.165) is 68.8 Å². The molecule has 1 aromatic carbocycles. The number of hydrogen-bond acceptors (Lipinski definition) is 5. The molecule has 2 aliphatic carbocycles. The van der Waals surface area contributed by atoms with Crippen LogP contribution in [0, 0.1) is 11.8 Å². The van der Waals surface area contributed by atoms with Crippen LogP contribution in [0.25, 0.3) is 5.57 Å². The summed E-state index contributed by atoms with van der Waals surface area (Å²) in [7, 11) is 0. The minimum Gasteiger partial charge on any atom is -0.511 e. The second kappa shape index (κ2) is 14.0. The van der Waals surface area contributed by atoms with Crippen LogP contribution in [0.3, 0.4) is 0 Å². The van der Waals surface area contributed by atoms with Crippen molar-refractivity contribution in [3.8, 4) is 0 Å². The minimum absolute atomic E-state index is 0.00757. The van der Waals surface area contributed by atoms with Crippen molar-refractivity contribution in [3.63, 3.8) is 0 Å². The SMILES string of the molecule is CCCN(CCC)c1ccc(C2=C(O)C(C3C=CC(=[N+](CCC)CCCC(=O)OCC)C=C3)C2=O)cc1. The Balaban J connectivity index is 1.68. The fraction of sp³-hybridized carbons (Fsp3) is 0.516. The number of anilines is 1. The van der Waals surface area contributed by atoms with E-state index in [0.29, 0.717) is 18.6 Å². The number of benzene rings is 1. The molecule has 0 saturated heterocycles. The van der Waals surface area contributed by atoms with Gasteiger partial charge in [0.1, 0.15) is 18.8 Å². The van der Waals surface area contributed by atoms with Gasteiger partial charge in [-0.2, -0.15) is 0 Å². The van der Waals surface area contributed by atoms with Crippen molar-refractivity contribution in [2.75, 3.05) is 37.7 Å². The second-order valence-corrected chi connectivity index (χ2v) is 9.75. The first kappa shape index (κ1) is 28.4. The molecule has 0 bridgehead atoms. The van der Waals surface area contributed by atoms with Gasteiger partial charge in [-0.05, 0) is 37.5 Å². The molecule has 200 valence electrons. The van der Waals surface area contributed by atoms with Crippen molar-refractivity contribution in [3.05, 3.63) is 59.9 Å². The van der Waals surface area contributed by atoms with Gasteiger partial charge in [-0.1, -0.05) is 45.1 Å². The number of nitrogens with zero attached hydrogens (tertiary/aromatic N) is 2. The number of rotatable bonds is 14. The number of aliphatic hydroxyl groups excluding tert-OH is 1. The summed E-state index contributed by atoms with van der Waals surface area (Å²) in [5.74, 6) is -0.670. The predicted molar refractivity (Wildman–Crippen MR) is 150 cm³/mol. The zero-order valence-corrected chi connectivity index (χ0v) is 22.9. The number of Topliss-reactive ketones (excluding diaryl/α,β-unsaturated/α-hetero) is 1. The monoisotopic (exact) mass is 507 g/mol. The maximum absolute atomic E-state index is 13.1. The van der Waals surface area contributed by atoms with Crippen LogP contribution in [0.1, 0.15) is 65.4 Å². The van der Waals surface area contributed by atoms with Crippen LogP contribution in [0.5, 0.6) is 0 Å². The van der Waals surface area contributed by atoms with E-state index in [1.165, 1.54) is 0 Å². The van der Waals surface area contributed by atoms with Crippen molar-refractivity contribution in [2.45, 2.75) is 59.8 Å². The summed E-state index contributed by atoms with van der Waals surface area (Å²) in [6.45, 7) is 12.4. The van der Waals surface area contributed by atoms with Crippen LogP contribution in [0.2, 0.25) is 0 Å². The maximum atomic E-state index is 13.1. The van der Waals surface area contributed by atoms with E-state index in [-0.39, 0.29) is 23.4 Å². The lowest BCUT2D eigenvalue weighted by Crippen LogP contribution is -2.36. The van der Waals surface area contributed by atoms with Crippen molar-refractivity contribution < 1.29 is 24.0 Å². The fourth-order valence-electron chi connectivity index (χ4n) is 5.14. The predicted octanol–water partition coefficient (Wildman–Crippen LogP) is 5.73. The molecule has 0 aromatic heterocycles. The lowest BCUT2D eigenvalue weighted by molar-refractivity contribution is -0.527. The average molecular weight is 508 g/mol. The van der Waals surface area contributed by atoms with E-state index in [1.54, 1.807) is 0 Å². The van der Waals surface area contributed by atoms with Crippen LogP contribution in [-0.2, 0) is 14.3 Å². The third kappa shape index (κ3) is 7.00. The van der Waals surface area contributed by atoms with Crippen molar-refractivity contribution in [1.82, 2.24) is 0 Å². The quantitative estimate of drug-likeness (QED) is 0.257. The van der Waals surface area contributed by atoms with Crippen molar-refractivity contribution >= 4 is 28.7 Å². The highest BCUT2D eigenvalue weighted by Gasteiger charge is 2.44. The molecular weight excluding hydrogens is 464 g/mol. The standard InChI is InChI=1S/C31H42N2O4/c1-5-19-32(20-6-2)25-15-11-23(12-16-25)28-30(35)29(31(28)36)24-13-17-26(18-14-24)33(21-7-3)22-9-10-27(34)37-8-4/h11-18,24,29H,5-10,19-22H2,1-4H3/p+1. The summed E-state index contributed by atoms with van der Waals surface area (Å²) in [6.07, 6.45) is 12.4. The number of ketones is 1. The molecule has 2 aliphatic rings. The van der Waals surface area contributed by atoms with E-state index < -0.39 is 5.92 Å². The molecule has 0 spiro atoms. The molecule has 0 heterocycles. The molecule has 6 nitrogen and oxygen atoms in total. The molecule has 1 atom stereocenters. The lowest BCUT2D eigenvalue weighted by atomic mass is 9.71. The number of hydrogen-bond donors (Lipinski definition) is 1. The number of ether oxygens (including phenoxy) is 1. The zero-order valence-electron chi connectivity index (χ0n) is 22.9. The molecule has 37 heavy (non-hydrogen) atoms. The van der Waals surface area contributed by atoms with Crippen LogP contribution in [0.15, 0.2) is 54.3 Å². The summed E-state index contributed by atoms with van der Waals surface area (Å²) in [4.78, 5) is 27.1. The van der Waals surface area contributed by atoms with Crippen LogP contribution in [0.4, 0.5) is 5.69 Å². The first-order valence-corrected chi connectivity index (χ1v) is 13.9. The maximum Gasteiger partial charge on any atom is 0.306 e. The highest BCUT2D eigenvalue weighted by Crippen LogP contribution is 2.42. The Hall–Kier alpha value is -3.15. The normalized spacial score (nSPS) is 18.7. The zero-order chi connectivity index (χ0) is 26.8. The molecule has 0 saturated carbocycles. The van der Waals surface area contributed by atoms with E-state index in [1.807, 2.05) is 55.5 Å². The van der Waals surface area contributed by atoms with Crippen molar-refractivity contribution in [2.24, 2.45) is 11.8 Å². The number of carbonyl (C=O) groups excluding carboxylic acids is 2. The summed E-state index contributed by atoms with van der Waals surface area (Å²) in [6, 6.07) is 8.00. The summed E-state index contributed by atoms with van der Waals surface area (Å²) in [5, 5.41) is 10.9. The van der Waals surface area contributed by atoms with E-state index in [4.69, 9.17) is 4.74 Å². The number of carbonyl (C=O) groups is 2. The highest BCUT2D eigenvalue weighted by atomic mass is 16.5. The Bertz CT molecular complexity index is 1040. The van der Waals surface area contributed by atoms with Gasteiger partial charge in [-0.3, -0.25) is 9.59 Å². The van der Waals surface area contributed by atoms with Gasteiger partial charge in [0.15, 0.2) is 11.5 Å². The van der Waals surface area contributed by atoms with Gasteiger partial charge in [0.05, 0.1) is 24.5 Å². The van der Waals surface area contributed by atoms with Gasteiger partial charge in [0, 0.05) is 49.7 Å². The lowest BCUT2D eigenvalue weighted by Gasteiger charge is -2.32. The molecule has 0 aliphatic heterocycles. The fourth-order valence-corrected chi connectivity index (χ4v) is 5.14. The summed E-state index contributed by atoms with van der Waals surface area (Å²) >= 11 is 0. The number of esters is 1. The first-order chi connectivity index (χ1) is 17.9. The smallest absolute Gasteiger partial charge is 0.306 e. The third-order valence-corrected chi connectivity index (χ3v) is 6.92. The van der Waals surface area contributed by atoms with E-state index >= 15 is 0 Å². The van der Waals surface area contributed by atoms with Gasteiger partial charge in [0.2, 0.25) is 0 Å². The Morgan fingerprint density at radius 2 is 1.62 bits per heavy atom. The molecule has 1 aromatic rings. The van der Waals surface area contributed by atoms with Crippen LogP contribution < -0.4 is 4.90 Å². The highest BCUT2D eigenvalue weighted by molar-refractivity contribution is 6.30. The molecule has 0 radical (unpaired) electrons. The topological polar surface area (TPSA) is 69.8 Å². The Kier molecular flexibility index (Phi) is 10.7. The Labute approximate surface area is 222 Å². The Morgan fingerprint density at radius 1 is 0.973 bits per heavy atom. The minimum atomic E-state index is -0.524. The molecule has 0 fully saturated rings. The van der Waals surface area contributed by atoms with Crippen molar-refractivity contribution in [1.29, 1.82) is 0 Å². The molecule has 6 heteroatoms. The molecule has 0 amide bonds. The van der Waals surface area contributed by atoms with Gasteiger partial charge < -0.3 is 14.7 Å². The second-order valence-electron chi connectivity index (χ2n) is 9.75. The number of aliphatic hydroxyl groups is 1. The van der Waals surface area contributed by atoms with Gasteiger partial charge in [-0.25, -0.2) is 4.58 Å². The Morgan fingerprint density at radius 3 is 2.16 bits per heavy atom. The average Bonchev–Trinajstić information content (AvgIpc) is 2.89. The molecule has 3 rings (SSSR count). The molecular formula is C31H43N2O4+.